The van der Waals surface area contributed by atoms with Gasteiger partial charge in [0.05, 0.1) is 12.5 Å². The maximum atomic E-state index is 11.2. The number of carboxylic acid groups (broad SMARTS) is 1. The van der Waals surface area contributed by atoms with Gasteiger partial charge in [-0.25, -0.2) is 4.79 Å². The predicted molar refractivity (Wildman–Crippen MR) is 61.9 cm³/mol. The molecular formula is C12H14N2O3. The summed E-state index contributed by atoms with van der Waals surface area (Å²) >= 11 is 0. The van der Waals surface area contributed by atoms with Crippen LogP contribution < -0.4 is 0 Å². The highest BCUT2D eigenvalue weighted by Gasteiger charge is 2.19. The van der Waals surface area contributed by atoms with E-state index in [-0.39, 0.29) is 11.6 Å². The van der Waals surface area contributed by atoms with E-state index >= 15 is 0 Å². The van der Waals surface area contributed by atoms with Gasteiger partial charge in [0.2, 0.25) is 0 Å². The summed E-state index contributed by atoms with van der Waals surface area (Å²) in [5.41, 5.74) is 1.34. The molecule has 0 amide bonds. The maximum absolute atomic E-state index is 11.2. The SMILES string of the molecule is CCC(C)n1cc(C(=O)O)c(-c2ccoc2)n1. The summed E-state index contributed by atoms with van der Waals surface area (Å²) in [6.45, 7) is 4.03. The van der Waals surface area contributed by atoms with Gasteiger partial charge < -0.3 is 9.52 Å². The van der Waals surface area contributed by atoms with Crippen molar-refractivity contribution >= 4 is 5.97 Å². The van der Waals surface area contributed by atoms with Crippen LogP contribution in [0.5, 0.6) is 0 Å². The van der Waals surface area contributed by atoms with Crippen LogP contribution in [-0.2, 0) is 0 Å². The van der Waals surface area contributed by atoms with E-state index in [2.05, 4.69) is 5.10 Å². The Morgan fingerprint density at radius 1 is 1.65 bits per heavy atom. The minimum atomic E-state index is -0.976. The summed E-state index contributed by atoms with van der Waals surface area (Å²) in [5.74, 6) is -0.976. The van der Waals surface area contributed by atoms with Gasteiger partial charge in [0.15, 0.2) is 0 Å². The Morgan fingerprint density at radius 2 is 2.41 bits per heavy atom. The summed E-state index contributed by atoms with van der Waals surface area (Å²) in [7, 11) is 0. The molecule has 0 fully saturated rings. The lowest BCUT2D eigenvalue weighted by Gasteiger charge is -2.07. The van der Waals surface area contributed by atoms with E-state index in [1.165, 1.54) is 12.5 Å². The first-order valence-corrected chi connectivity index (χ1v) is 5.48. The lowest BCUT2D eigenvalue weighted by molar-refractivity contribution is 0.0697. The number of hydrogen-bond donors (Lipinski definition) is 1. The second kappa shape index (κ2) is 4.45. The highest BCUT2D eigenvalue weighted by molar-refractivity contribution is 5.94. The molecule has 0 aromatic carbocycles. The number of aromatic carboxylic acids is 1. The number of furan rings is 1. The molecule has 2 heterocycles. The van der Waals surface area contributed by atoms with Gasteiger partial charge in [0.1, 0.15) is 11.3 Å². The first-order chi connectivity index (χ1) is 8.13. The minimum absolute atomic E-state index is 0.175. The van der Waals surface area contributed by atoms with Crippen molar-refractivity contribution < 1.29 is 14.3 Å². The fourth-order valence-corrected chi connectivity index (χ4v) is 1.57. The molecule has 90 valence electrons. The molecule has 0 saturated carbocycles. The first kappa shape index (κ1) is 11.4. The van der Waals surface area contributed by atoms with Gasteiger partial charge in [0, 0.05) is 17.8 Å². The van der Waals surface area contributed by atoms with Crippen molar-refractivity contribution in [1.82, 2.24) is 9.78 Å². The average Bonchev–Trinajstić information content (AvgIpc) is 2.95. The van der Waals surface area contributed by atoms with E-state index in [0.29, 0.717) is 11.3 Å². The van der Waals surface area contributed by atoms with Crippen molar-refractivity contribution in [2.24, 2.45) is 0 Å². The molecule has 1 unspecified atom stereocenters. The number of nitrogens with zero attached hydrogens (tertiary/aromatic N) is 2. The van der Waals surface area contributed by atoms with Crippen molar-refractivity contribution in [2.45, 2.75) is 26.3 Å². The third kappa shape index (κ3) is 2.08. The molecule has 2 aromatic heterocycles. The number of carbonyl (C=O) groups is 1. The Bertz CT molecular complexity index is 514. The molecule has 5 nitrogen and oxygen atoms in total. The number of aromatic nitrogens is 2. The van der Waals surface area contributed by atoms with Crippen LogP contribution in [-0.4, -0.2) is 20.9 Å². The Kier molecular flexibility index (Phi) is 2.99. The van der Waals surface area contributed by atoms with Crippen LogP contribution in [0.4, 0.5) is 0 Å². The Labute approximate surface area is 98.7 Å². The average molecular weight is 234 g/mol. The van der Waals surface area contributed by atoms with Gasteiger partial charge in [-0.2, -0.15) is 5.10 Å². The van der Waals surface area contributed by atoms with Crippen molar-refractivity contribution in [2.75, 3.05) is 0 Å². The molecule has 0 aliphatic carbocycles. The van der Waals surface area contributed by atoms with Gasteiger partial charge in [-0.05, 0) is 19.4 Å². The zero-order valence-electron chi connectivity index (χ0n) is 9.75. The van der Waals surface area contributed by atoms with E-state index in [9.17, 15) is 4.79 Å². The fourth-order valence-electron chi connectivity index (χ4n) is 1.57. The zero-order chi connectivity index (χ0) is 12.4. The van der Waals surface area contributed by atoms with E-state index in [1.54, 1.807) is 16.9 Å². The Balaban J connectivity index is 2.50. The molecule has 2 rings (SSSR count). The van der Waals surface area contributed by atoms with E-state index in [0.717, 1.165) is 6.42 Å². The van der Waals surface area contributed by atoms with Crippen molar-refractivity contribution in [3.05, 3.63) is 30.4 Å². The summed E-state index contributed by atoms with van der Waals surface area (Å²) in [6, 6.07) is 1.88. The van der Waals surface area contributed by atoms with Crippen molar-refractivity contribution in [1.29, 1.82) is 0 Å². The Hall–Kier alpha value is -2.04. The van der Waals surface area contributed by atoms with Crippen LogP contribution in [0, 0.1) is 0 Å². The molecule has 0 radical (unpaired) electrons. The van der Waals surface area contributed by atoms with Crippen LogP contribution in [0.1, 0.15) is 36.7 Å². The molecule has 1 N–H and O–H groups in total. The molecule has 0 aliphatic heterocycles. The third-order valence-electron chi connectivity index (χ3n) is 2.80. The van der Waals surface area contributed by atoms with Gasteiger partial charge in [-0.15, -0.1) is 0 Å². The summed E-state index contributed by atoms with van der Waals surface area (Å²) in [5, 5.41) is 13.5. The smallest absolute Gasteiger partial charge is 0.339 e. The highest BCUT2D eigenvalue weighted by Crippen LogP contribution is 2.24. The fraction of sp³-hybridized carbons (Fsp3) is 0.333. The third-order valence-corrected chi connectivity index (χ3v) is 2.80. The number of hydrogen-bond acceptors (Lipinski definition) is 3. The van der Waals surface area contributed by atoms with Gasteiger partial charge in [0.25, 0.3) is 0 Å². The van der Waals surface area contributed by atoms with Gasteiger partial charge in [-0.1, -0.05) is 6.92 Å². The minimum Gasteiger partial charge on any atom is -0.478 e. The molecular weight excluding hydrogens is 220 g/mol. The molecule has 2 aromatic rings. The Morgan fingerprint density at radius 3 is 2.94 bits per heavy atom. The largest absolute Gasteiger partial charge is 0.478 e. The van der Waals surface area contributed by atoms with E-state index in [4.69, 9.17) is 9.52 Å². The molecule has 0 aliphatic rings. The summed E-state index contributed by atoms with van der Waals surface area (Å²) in [4.78, 5) is 11.2. The highest BCUT2D eigenvalue weighted by atomic mass is 16.4. The standard InChI is InChI=1S/C12H14N2O3/c1-3-8(2)14-6-10(12(15)16)11(13-14)9-4-5-17-7-9/h4-8H,3H2,1-2H3,(H,15,16). The van der Waals surface area contributed by atoms with E-state index < -0.39 is 5.97 Å². The molecule has 0 bridgehead atoms. The monoisotopic (exact) mass is 234 g/mol. The predicted octanol–water partition coefficient (Wildman–Crippen LogP) is 2.81. The molecule has 5 heteroatoms. The second-order valence-electron chi connectivity index (χ2n) is 3.95. The number of rotatable bonds is 4. The normalized spacial score (nSPS) is 12.6. The molecule has 0 saturated heterocycles. The maximum Gasteiger partial charge on any atom is 0.339 e. The van der Waals surface area contributed by atoms with Crippen LogP contribution in [0.2, 0.25) is 0 Å². The van der Waals surface area contributed by atoms with E-state index in [1.807, 2.05) is 13.8 Å². The molecule has 0 spiro atoms. The summed E-state index contributed by atoms with van der Waals surface area (Å²) < 4.78 is 6.64. The summed E-state index contributed by atoms with van der Waals surface area (Å²) in [6.07, 6.45) is 5.46. The van der Waals surface area contributed by atoms with Crippen LogP contribution in [0.3, 0.4) is 0 Å². The lowest BCUT2D eigenvalue weighted by atomic mass is 10.1. The molecule has 17 heavy (non-hydrogen) atoms. The zero-order valence-corrected chi connectivity index (χ0v) is 9.75. The van der Waals surface area contributed by atoms with Gasteiger partial charge >= 0.3 is 5.97 Å². The van der Waals surface area contributed by atoms with Gasteiger partial charge in [-0.3, -0.25) is 4.68 Å². The van der Waals surface area contributed by atoms with Crippen LogP contribution in [0.15, 0.2) is 29.2 Å². The topological polar surface area (TPSA) is 68.3 Å². The van der Waals surface area contributed by atoms with Crippen LogP contribution in [0.25, 0.3) is 11.3 Å². The molecule has 1 atom stereocenters. The lowest BCUT2D eigenvalue weighted by Crippen LogP contribution is -2.04. The quantitative estimate of drug-likeness (QED) is 0.883. The van der Waals surface area contributed by atoms with Crippen molar-refractivity contribution in [3.8, 4) is 11.3 Å². The van der Waals surface area contributed by atoms with Crippen molar-refractivity contribution in [3.63, 3.8) is 0 Å². The van der Waals surface area contributed by atoms with Crippen LogP contribution >= 0.6 is 0 Å². The number of carboxylic acids is 1. The first-order valence-electron chi connectivity index (χ1n) is 5.48. The second-order valence-corrected chi connectivity index (χ2v) is 3.95.